The first kappa shape index (κ1) is 15.0. The van der Waals surface area contributed by atoms with Crippen LogP contribution in [0.3, 0.4) is 0 Å². The van der Waals surface area contributed by atoms with Crippen LogP contribution in [-0.2, 0) is 16.1 Å². The number of hydrogen-bond acceptors (Lipinski definition) is 4. The summed E-state index contributed by atoms with van der Waals surface area (Å²) in [6.45, 7) is -0.896. The average Bonchev–Trinajstić information content (AvgIpc) is 3.33. The molecule has 2 N–H and O–H groups in total. The number of H-pyrrole nitrogens is 1. The molecule has 1 aliphatic rings. The molecule has 0 saturated heterocycles. The van der Waals surface area contributed by atoms with Crippen molar-refractivity contribution in [3.63, 3.8) is 0 Å². The first-order valence-electron chi connectivity index (χ1n) is 7.20. The number of benzene rings is 1. The number of para-hydroxylation sites is 1. The Morgan fingerprint density at radius 2 is 1.96 bits per heavy atom. The SMILES string of the molecule is O=C(O)CN(C(=O)Cn1c(=O)[nH]c2ccccc2c1=O)C1CC1. The number of aromatic amines is 1. The van der Waals surface area contributed by atoms with Crippen molar-refractivity contribution in [1.82, 2.24) is 14.5 Å². The molecule has 1 aromatic carbocycles. The predicted molar refractivity (Wildman–Crippen MR) is 81.2 cm³/mol. The van der Waals surface area contributed by atoms with E-state index in [1.807, 2.05) is 0 Å². The number of carboxylic acids is 1. The summed E-state index contributed by atoms with van der Waals surface area (Å²) in [7, 11) is 0. The molecular weight excluding hydrogens is 302 g/mol. The third-order valence-corrected chi connectivity index (χ3v) is 3.80. The van der Waals surface area contributed by atoms with Crippen molar-refractivity contribution in [3.05, 3.63) is 45.1 Å². The number of nitrogens with zero attached hydrogens (tertiary/aromatic N) is 2. The second-order valence-corrected chi connectivity index (χ2v) is 5.51. The third kappa shape index (κ3) is 3.01. The van der Waals surface area contributed by atoms with Crippen LogP contribution in [0.25, 0.3) is 10.9 Å². The topological polar surface area (TPSA) is 112 Å². The van der Waals surface area contributed by atoms with Crippen molar-refractivity contribution in [3.8, 4) is 0 Å². The maximum absolute atomic E-state index is 12.4. The fourth-order valence-corrected chi connectivity index (χ4v) is 2.52. The Bertz CT molecular complexity index is 894. The van der Waals surface area contributed by atoms with Gasteiger partial charge in [0, 0.05) is 6.04 Å². The highest BCUT2D eigenvalue weighted by atomic mass is 16.4. The Hall–Kier alpha value is -2.90. The van der Waals surface area contributed by atoms with Gasteiger partial charge in [0.1, 0.15) is 13.1 Å². The molecule has 120 valence electrons. The van der Waals surface area contributed by atoms with Gasteiger partial charge in [0.05, 0.1) is 10.9 Å². The number of amides is 1. The molecule has 8 heteroatoms. The van der Waals surface area contributed by atoms with E-state index < -0.39 is 36.2 Å². The molecule has 1 amide bonds. The van der Waals surface area contributed by atoms with E-state index >= 15 is 0 Å². The molecule has 1 fully saturated rings. The van der Waals surface area contributed by atoms with E-state index in [1.165, 1.54) is 4.90 Å². The molecule has 1 saturated carbocycles. The largest absolute Gasteiger partial charge is 0.480 e. The molecule has 1 aromatic heterocycles. The number of aromatic nitrogens is 2. The standard InChI is InChI=1S/C15H15N3O5/c19-12(17(8-13(20)21)9-5-6-9)7-18-14(22)10-3-1-2-4-11(10)16-15(18)23/h1-4,9H,5-8H2,(H,16,23)(H,20,21). The highest BCUT2D eigenvalue weighted by Gasteiger charge is 2.34. The quantitative estimate of drug-likeness (QED) is 0.790. The zero-order valence-corrected chi connectivity index (χ0v) is 12.2. The zero-order valence-electron chi connectivity index (χ0n) is 12.2. The highest BCUT2D eigenvalue weighted by molar-refractivity contribution is 5.82. The second kappa shape index (κ2) is 5.71. The van der Waals surface area contributed by atoms with Gasteiger partial charge in [-0.05, 0) is 25.0 Å². The second-order valence-electron chi connectivity index (χ2n) is 5.51. The van der Waals surface area contributed by atoms with E-state index in [0.29, 0.717) is 10.9 Å². The van der Waals surface area contributed by atoms with Crippen molar-refractivity contribution in [2.75, 3.05) is 6.54 Å². The van der Waals surface area contributed by atoms with E-state index in [9.17, 15) is 19.2 Å². The van der Waals surface area contributed by atoms with E-state index in [4.69, 9.17) is 5.11 Å². The summed E-state index contributed by atoms with van der Waals surface area (Å²) in [6, 6.07) is 6.40. The lowest BCUT2D eigenvalue weighted by Gasteiger charge is -2.20. The van der Waals surface area contributed by atoms with E-state index in [0.717, 1.165) is 17.4 Å². The number of fused-ring (bicyclic) bond motifs is 1. The van der Waals surface area contributed by atoms with Gasteiger partial charge in [-0.3, -0.25) is 19.0 Å². The van der Waals surface area contributed by atoms with Crippen LogP contribution in [-0.4, -0.2) is 44.0 Å². The Morgan fingerprint density at radius 1 is 1.26 bits per heavy atom. The number of hydrogen-bond donors (Lipinski definition) is 2. The molecule has 1 heterocycles. The lowest BCUT2D eigenvalue weighted by molar-refractivity contribution is -0.145. The molecular formula is C15H15N3O5. The van der Waals surface area contributed by atoms with Crippen molar-refractivity contribution < 1.29 is 14.7 Å². The van der Waals surface area contributed by atoms with Gasteiger partial charge >= 0.3 is 11.7 Å². The fraction of sp³-hybridized carbons (Fsp3) is 0.333. The number of carboxylic acid groups (broad SMARTS) is 1. The number of nitrogens with one attached hydrogen (secondary N) is 1. The van der Waals surface area contributed by atoms with E-state index in [-0.39, 0.29) is 6.04 Å². The zero-order chi connectivity index (χ0) is 16.6. The monoisotopic (exact) mass is 317 g/mol. The van der Waals surface area contributed by atoms with Gasteiger partial charge in [-0.25, -0.2) is 4.79 Å². The smallest absolute Gasteiger partial charge is 0.329 e. The van der Waals surface area contributed by atoms with E-state index in [1.54, 1.807) is 24.3 Å². The third-order valence-electron chi connectivity index (χ3n) is 3.80. The van der Waals surface area contributed by atoms with Crippen LogP contribution in [0.5, 0.6) is 0 Å². The lowest BCUT2D eigenvalue weighted by atomic mass is 10.2. The summed E-state index contributed by atoms with van der Waals surface area (Å²) >= 11 is 0. The molecule has 1 aliphatic carbocycles. The molecule has 0 bridgehead atoms. The van der Waals surface area contributed by atoms with Crippen LogP contribution in [0, 0.1) is 0 Å². The summed E-state index contributed by atoms with van der Waals surface area (Å²) in [5, 5.41) is 9.20. The van der Waals surface area contributed by atoms with E-state index in [2.05, 4.69) is 4.98 Å². The average molecular weight is 317 g/mol. The van der Waals surface area contributed by atoms with Gasteiger partial charge in [0.15, 0.2) is 0 Å². The summed E-state index contributed by atoms with van der Waals surface area (Å²) in [5.41, 5.74) is -0.854. The minimum Gasteiger partial charge on any atom is -0.480 e. The first-order valence-corrected chi connectivity index (χ1v) is 7.20. The van der Waals surface area contributed by atoms with Crippen molar-refractivity contribution in [2.45, 2.75) is 25.4 Å². The van der Waals surface area contributed by atoms with Gasteiger partial charge in [-0.2, -0.15) is 0 Å². The molecule has 2 aromatic rings. The molecule has 0 aliphatic heterocycles. The van der Waals surface area contributed by atoms with Crippen LogP contribution in [0.1, 0.15) is 12.8 Å². The summed E-state index contributed by atoms with van der Waals surface area (Å²) in [5.74, 6) is -1.66. The molecule has 8 nitrogen and oxygen atoms in total. The van der Waals surface area contributed by atoms with Gasteiger partial charge in [-0.15, -0.1) is 0 Å². The lowest BCUT2D eigenvalue weighted by Crippen LogP contribution is -2.44. The Kier molecular flexibility index (Phi) is 3.73. The van der Waals surface area contributed by atoms with Crippen LogP contribution in [0.4, 0.5) is 0 Å². The number of carbonyl (C=O) groups is 2. The van der Waals surface area contributed by atoms with Crippen LogP contribution in [0.2, 0.25) is 0 Å². The Labute approximate surface area is 130 Å². The minimum atomic E-state index is -1.12. The molecule has 0 spiro atoms. The predicted octanol–water partition coefficient (Wildman–Crippen LogP) is -0.235. The van der Waals surface area contributed by atoms with Crippen molar-refractivity contribution in [1.29, 1.82) is 0 Å². The fourth-order valence-electron chi connectivity index (χ4n) is 2.52. The molecule has 23 heavy (non-hydrogen) atoms. The molecule has 0 unspecified atom stereocenters. The molecule has 0 radical (unpaired) electrons. The van der Waals surface area contributed by atoms with Gasteiger partial charge in [-0.1, -0.05) is 12.1 Å². The van der Waals surface area contributed by atoms with Gasteiger partial charge < -0.3 is 15.0 Å². The Balaban J connectivity index is 1.94. The molecule has 0 atom stereocenters. The number of carbonyl (C=O) groups excluding carboxylic acids is 1. The minimum absolute atomic E-state index is 0.117. The van der Waals surface area contributed by atoms with Crippen LogP contribution >= 0.6 is 0 Å². The molecule has 3 rings (SSSR count). The van der Waals surface area contributed by atoms with Crippen molar-refractivity contribution in [2.24, 2.45) is 0 Å². The van der Waals surface area contributed by atoms with Gasteiger partial charge in [0.2, 0.25) is 5.91 Å². The number of aliphatic carboxylic acids is 1. The normalized spacial score (nSPS) is 13.9. The van der Waals surface area contributed by atoms with Gasteiger partial charge in [0.25, 0.3) is 5.56 Å². The summed E-state index contributed by atoms with van der Waals surface area (Å²) in [4.78, 5) is 51.4. The first-order chi connectivity index (χ1) is 11.0. The summed E-state index contributed by atoms with van der Waals surface area (Å²) in [6.07, 6.45) is 1.48. The summed E-state index contributed by atoms with van der Waals surface area (Å²) < 4.78 is 0.807. The maximum atomic E-state index is 12.4. The maximum Gasteiger partial charge on any atom is 0.329 e. The number of rotatable bonds is 5. The van der Waals surface area contributed by atoms with Crippen LogP contribution < -0.4 is 11.2 Å². The van der Waals surface area contributed by atoms with Crippen LogP contribution in [0.15, 0.2) is 33.9 Å². The Morgan fingerprint density at radius 3 is 2.61 bits per heavy atom. The van der Waals surface area contributed by atoms with Crippen molar-refractivity contribution >= 4 is 22.8 Å². The highest BCUT2D eigenvalue weighted by Crippen LogP contribution is 2.26.